The van der Waals surface area contributed by atoms with Crippen LogP contribution in [0.1, 0.15) is 29.8 Å². The summed E-state index contributed by atoms with van der Waals surface area (Å²) in [5.74, 6) is -0.0645. The number of carbonyl (C=O) groups is 1. The summed E-state index contributed by atoms with van der Waals surface area (Å²) in [6.07, 6.45) is 5.44. The molecule has 5 nitrogen and oxygen atoms in total. The van der Waals surface area contributed by atoms with Crippen LogP contribution in [-0.2, 0) is 11.8 Å². The zero-order valence-electron chi connectivity index (χ0n) is 9.85. The molecular formula is C12H17N3O2. The Morgan fingerprint density at radius 2 is 2.41 bits per heavy atom. The average molecular weight is 235 g/mol. The van der Waals surface area contributed by atoms with Gasteiger partial charge in [0.2, 0.25) is 0 Å². The summed E-state index contributed by atoms with van der Waals surface area (Å²) in [4.78, 5) is 12.1. The number of rotatable bonds is 2. The van der Waals surface area contributed by atoms with E-state index in [1.807, 2.05) is 7.05 Å². The topological polar surface area (TPSA) is 69.3 Å². The third-order valence-corrected chi connectivity index (χ3v) is 3.68. The molecule has 92 valence electrons. The molecule has 3 rings (SSSR count). The molecule has 3 N–H and O–H groups in total. The Hall–Kier alpha value is -1.49. The number of aromatic nitrogens is 1. The van der Waals surface area contributed by atoms with Gasteiger partial charge in [0.05, 0.1) is 23.9 Å². The largest absolute Gasteiger partial charge is 0.397 e. The molecule has 0 spiro atoms. The van der Waals surface area contributed by atoms with Crippen LogP contribution in [0.2, 0.25) is 0 Å². The second-order valence-corrected chi connectivity index (χ2v) is 4.96. The van der Waals surface area contributed by atoms with Crippen LogP contribution in [0, 0.1) is 0 Å². The number of carbonyl (C=O) groups excluding carboxylic acids is 1. The minimum absolute atomic E-state index is 0.0645. The van der Waals surface area contributed by atoms with E-state index in [0.29, 0.717) is 17.5 Å². The Bertz CT molecular complexity index is 455. The lowest BCUT2D eigenvalue weighted by Crippen LogP contribution is -2.41. The first-order valence-corrected chi connectivity index (χ1v) is 6.01. The zero-order valence-corrected chi connectivity index (χ0v) is 9.85. The molecule has 0 aromatic carbocycles. The van der Waals surface area contributed by atoms with Gasteiger partial charge in [-0.2, -0.15) is 0 Å². The normalized spacial score (nSPS) is 30.8. The van der Waals surface area contributed by atoms with Gasteiger partial charge in [-0.1, -0.05) is 0 Å². The standard InChI is InChI=1S/C12H17N3O2/c1-15-6-7(13)4-10(15)12(16)14-9-5-8-2-3-11(9)17-8/h4,6,8-9,11H,2-3,5,13H2,1H3,(H,14,16). The van der Waals surface area contributed by atoms with Crippen molar-refractivity contribution < 1.29 is 9.53 Å². The highest BCUT2D eigenvalue weighted by Gasteiger charge is 2.41. The lowest BCUT2D eigenvalue weighted by Gasteiger charge is -2.20. The number of fused-ring (bicyclic) bond motifs is 2. The maximum Gasteiger partial charge on any atom is 0.268 e. The number of ether oxygens (including phenoxy) is 1. The zero-order chi connectivity index (χ0) is 12.0. The number of anilines is 1. The number of hydrogen-bond acceptors (Lipinski definition) is 3. The van der Waals surface area contributed by atoms with E-state index in [1.165, 1.54) is 0 Å². The van der Waals surface area contributed by atoms with Gasteiger partial charge >= 0.3 is 0 Å². The van der Waals surface area contributed by atoms with E-state index in [1.54, 1.807) is 16.8 Å². The van der Waals surface area contributed by atoms with Crippen molar-refractivity contribution in [2.75, 3.05) is 5.73 Å². The highest BCUT2D eigenvalue weighted by atomic mass is 16.5. The molecular weight excluding hydrogens is 218 g/mol. The van der Waals surface area contributed by atoms with Crippen molar-refractivity contribution in [1.82, 2.24) is 9.88 Å². The van der Waals surface area contributed by atoms with E-state index in [4.69, 9.17) is 10.5 Å². The van der Waals surface area contributed by atoms with Crippen molar-refractivity contribution in [2.24, 2.45) is 7.05 Å². The SMILES string of the molecule is Cn1cc(N)cc1C(=O)NC1CC2CCC1O2. The minimum atomic E-state index is -0.0645. The summed E-state index contributed by atoms with van der Waals surface area (Å²) in [6, 6.07) is 1.86. The predicted molar refractivity (Wildman–Crippen MR) is 63.6 cm³/mol. The van der Waals surface area contributed by atoms with Gasteiger partial charge < -0.3 is 20.4 Å². The van der Waals surface area contributed by atoms with Gasteiger partial charge in [-0.25, -0.2) is 0 Å². The predicted octanol–water partition coefficient (Wildman–Crippen LogP) is 0.657. The van der Waals surface area contributed by atoms with Crippen LogP contribution in [0.4, 0.5) is 5.69 Å². The third-order valence-electron chi connectivity index (χ3n) is 3.68. The third kappa shape index (κ3) is 1.80. The maximum absolute atomic E-state index is 12.1. The average Bonchev–Trinajstić information content (AvgIpc) is 2.93. The van der Waals surface area contributed by atoms with Crippen LogP contribution in [0.5, 0.6) is 0 Å². The van der Waals surface area contributed by atoms with Crippen molar-refractivity contribution in [3.05, 3.63) is 18.0 Å². The Balaban J connectivity index is 1.69. The molecule has 1 amide bonds. The number of nitrogens with zero attached hydrogens (tertiary/aromatic N) is 1. The molecule has 2 fully saturated rings. The van der Waals surface area contributed by atoms with Crippen LogP contribution in [0.25, 0.3) is 0 Å². The van der Waals surface area contributed by atoms with Crippen LogP contribution in [0.3, 0.4) is 0 Å². The molecule has 1 aromatic heterocycles. The summed E-state index contributed by atoms with van der Waals surface area (Å²) in [5, 5.41) is 3.04. The monoisotopic (exact) mass is 235 g/mol. The van der Waals surface area contributed by atoms with Gasteiger partial charge in [-0.3, -0.25) is 4.79 Å². The van der Waals surface area contributed by atoms with Crippen LogP contribution < -0.4 is 11.1 Å². The van der Waals surface area contributed by atoms with Gasteiger partial charge in [0.1, 0.15) is 5.69 Å². The summed E-state index contributed by atoms with van der Waals surface area (Å²) < 4.78 is 7.46. The van der Waals surface area contributed by atoms with Crippen LogP contribution in [0.15, 0.2) is 12.3 Å². The number of amides is 1. The van der Waals surface area contributed by atoms with Crippen molar-refractivity contribution in [3.63, 3.8) is 0 Å². The fourth-order valence-electron chi connectivity index (χ4n) is 2.85. The van der Waals surface area contributed by atoms with Gasteiger partial charge in [0, 0.05) is 13.2 Å². The number of nitrogens with two attached hydrogens (primary N) is 1. The van der Waals surface area contributed by atoms with E-state index in [-0.39, 0.29) is 18.1 Å². The first kappa shape index (κ1) is 10.7. The Morgan fingerprint density at radius 3 is 2.94 bits per heavy atom. The van der Waals surface area contributed by atoms with Crippen LogP contribution >= 0.6 is 0 Å². The van der Waals surface area contributed by atoms with E-state index in [9.17, 15) is 4.79 Å². The minimum Gasteiger partial charge on any atom is -0.397 e. The molecule has 1 aromatic rings. The molecule has 5 heteroatoms. The number of nitrogen functional groups attached to an aromatic ring is 1. The van der Waals surface area contributed by atoms with Crippen molar-refractivity contribution in [3.8, 4) is 0 Å². The van der Waals surface area contributed by atoms with Gasteiger partial charge in [0.25, 0.3) is 5.91 Å². The van der Waals surface area contributed by atoms with Crippen molar-refractivity contribution in [1.29, 1.82) is 0 Å². The molecule has 2 aliphatic rings. The second-order valence-electron chi connectivity index (χ2n) is 4.96. The summed E-state index contributed by atoms with van der Waals surface area (Å²) in [5.41, 5.74) is 6.88. The van der Waals surface area contributed by atoms with Crippen LogP contribution in [-0.4, -0.2) is 28.7 Å². The molecule has 2 aliphatic heterocycles. The summed E-state index contributed by atoms with van der Waals surface area (Å²) >= 11 is 0. The Morgan fingerprint density at radius 1 is 1.59 bits per heavy atom. The number of nitrogens with one attached hydrogen (secondary N) is 1. The molecule has 17 heavy (non-hydrogen) atoms. The van der Waals surface area contributed by atoms with E-state index >= 15 is 0 Å². The van der Waals surface area contributed by atoms with E-state index in [2.05, 4.69) is 5.32 Å². The number of aryl methyl sites for hydroxylation is 1. The Kier molecular flexibility index (Phi) is 2.36. The molecule has 3 atom stereocenters. The van der Waals surface area contributed by atoms with Crippen molar-refractivity contribution >= 4 is 11.6 Å². The molecule has 2 bridgehead atoms. The molecule has 3 heterocycles. The summed E-state index contributed by atoms with van der Waals surface area (Å²) in [7, 11) is 1.82. The van der Waals surface area contributed by atoms with E-state index in [0.717, 1.165) is 19.3 Å². The molecule has 3 unspecified atom stereocenters. The molecule has 0 aliphatic carbocycles. The molecule has 0 saturated carbocycles. The Labute approximate surface area is 99.9 Å². The second kappa shape index (κ2) is 3.77. The first-order chi connectivity index (χ1) is 8.13. The van der Waals surface area contributed by atoms with Gasteiger partial charge in [-0.05, 0) is 25.3 Å². The van der Waals surface area contributed by atoms with Gasteiger partial charge in [-0.15, -0.1) is 0 Å². The quantitative estimate of drug-likeness (QED) is 0.791. The smallest absolute Gasteiger partial charge is 0.268 e. The number of hydrogen-bond donors (Lipinski definition) is 2. The molecule has 0 radical (unpaired) electrons. The highest BCUT2D eigenvalue weighted by Crippen LogP contribution is 2.34. The lowest BCUT2D eigenvalue weighted by molar-refractivity contribution is 0.0835. The maximum atomic E-state index is 12.1. The van der Waals surface area contributed by atoms with Crippen molar-refractivity contribution in [2.45, 2.75) is 37.5 Å². The first-order valence-electron chi connectivity index (χ1n) is 6.01. The van der Waals surface area contributed by atoms with E-state index < -0.39 is 0 Å². The van der Waals surface area contributed by atoms with Gasteiger partial charge in [0.15, 0.2) is 0 Å². The fourth-order valence-corrected chi connectivity index (χ4v) is 2.85. The lowest BCUT2D eigenvalue weighted by atomic mass is 9.95. The highest BCUT2D eigenvalue weighted by molar-refractivity contribution is 5.94. The fraction of sp³-hybridized carbons (Fsp3) is 0.583. The summed E-state index contributed by atoms with van der Waals surface area (Å²) in [6.45, 7) is 0. The molecule has 2 saturated heterocycles.